The van der Waals surface area contributed by atoms with Crippen LogP contribution in [-0.2, 0) is 9.59 Å². The first kappa shape index (κ1) is 19.2. The minimum Gasteiger partial charge on any atom is -0.494 e. The number of nitrogens with one attached hydrogen (secondary N) is 1. The van der Waals surface area contributed by atoms with Crippen molar-refractivity contribution in [2.24, 2.45) is 0 Å². The van der Waals surface area contributed by atoms with Gasteiger partial charge in [0.05, 0.1) is 17.2 Å². The lowest BCUT2D eigenvalue weighted by atomic mass is 10.1. The van der Waals surface area contributed by atoms with E-state index in [1.54, 1.807) is 30.3 Å². The molecule has 0 unspecified atom stereocenters. The topological polar surface area (TPSA) is 102 Å². The summed E-state index contributed by atoms with van der Waals surface area (Å²) in [5.74, 6) is -0.746. The average Bonchev–Trinajstić information content (AvgIpc) is 2.66. The highest BCUT2D eigenvalue weighted by Crippen LogP contribution is 2.26. The Morgan fingerprint density at radius 2 is 1.96 bits per heavy atom. The zero-order valence-corrected chi connectivity index (χ0v) is 15.6. The Labute approximate surface area is 165 Å². The molecule has 1 N–H and O–H groups in total. The largest absolute Gasteiger partial charge is 0.494 e. The molecule has 0 atom stereocenters. The van der Waals surface area contributed by atoms with Gasteiger partial charge < -0.3 is 4.74 Å². The quantitative estimate of drug-likeness (QED) is 0.274. The van der Waals surface area contributed by atoms with Crippen LogP contribution in [0.15, 0.2) is 54.1 Å². The van der Waals surface area contributed by atoms with E-state index in [9.17, 15) is 19.7 Å². The van der Waals surface area contributed by atoms with Crippen LogP contribution in [0.2, 0.25) is 0 Å². The summed E-state index contributed by atoms with van der Waals surface area (Å²) in [4.78, 5) is 36.9. The average molecular weight is 397 g/mol. The fourth-order valence-electron chi connectivity index (χ4n) is 2.67. The molecule has 8 nitrogen and oxygen atoms in total. The third kappa shape index (κ3) is 3.89. The molecule has 1 saturated heterocycles. The molecule has 3 rings (SSSR count). The number of rotatable bonds is 5. The van der Waals surface area contributed by atoms with E-state index in [0.29, 0.717) is 23.6 Å². The van der Waals surface area contributed by atoms with Crippen LogP contribution in [0.1, 0.15) is 12.5 Å². The van der Waals surface area contributed by atoms with Crippen LogP contribution in [-0.4, -0.2) is 28.5 Å². The number of carbonyl (C=O) groups excluding carboxylic acids is 2. The second-order valence-electron chi connectivity index (χ2n) is 5.74. The third-order valence-electron chi connectivity index (χ3n) is 3.88. The van der Waals surface area contributed by atoms with Gasteiger partial charge in [0.2, 0.25) is 0 Å². The highest BCUT2D eigenvalue weighted by Gasteiger charge is 2.34. The Morgan fingerprint density at radius 1 is 1.21 bits per heavy atom. The minimum atomic E-state index is -0.668. The lowest BCUT2D eigenvalue weighted by molar-refractivity contribution is -0.384. The highest BCUT2D eigenvalue weighted by molar-refractivity contribution is 7.80. The zero-order chi connectivity index (χ0) is 20.3. The van der Waals surface area contributed by atoms with Crippen LogP contribution < -0.4 is 15.0 Å². The van der Waals surface area contributed by atoms with E-state index in [2.05, 4.69) is 5.32 Å². The second kappa shape index (κ2) is 7.97. The van der Waals surface area contributed by atoms with Gasteiger partial charge in [0.1, 0.15) is 11.3 Å². The fraction of sp³-hybridized carbons (Fsp3) is 0.105. The SMILES string of the molecule is CCOc1cccc(N2C(=O)/C(=C/c3cccc([N+](=O)[O-])c3)C(=O)NC2=S)c1. The van der Waals surface area contributed by atoms with Crippen molar-refractivity contribution in [3.05, 3.63) is 69.8 Å². The predicted octanol–water partition coefficient (Wildman–Crippen LogP) is 2.82. The molecule has 2 aromatic carbocycles. The van der Waals surface area contributed by atoms with E-state index < -0.39 is 16.7 Å². The van der Waals surface area contributed by atoms with Crippen LogP contribution in [0.4, 0.5) is 11.4 Å². The summed E-state index contributed by atoms with van der Waals surface area (Å²) in [6, 6.07) is 12.4. The molecule has 1 aliphatic heterocycles. The summed E-state index contributed by atoms with van der Waals surface area (Å²) >= 11 is 5.16. The maximum Gasteiger partial charge on any atom is 0.270 e. The normalized spacial score (nSPS) is 15.5. The first-order valence-corrected chi connectivity index (χ1v) is 8.70. The van der Waals surface area contributed by atoms with Crippen LogP contribution in [0, 0.1) is 10.1 Å². The summed E-state index contributed by atoms with van der Waals surface area (Å²) in [5.41, 5.74) is 0.458. The summed E-state index contributed by atoms with van der Waals surface area (Å²) in [6.45, 7) is 2.29. The van der Waals surface area contributed by atoms with Gasteiger partial charge >= 0.3 is 0 Å². The van der Waals surface area contributed by atoms with Crippen LogP contribution >= 0.6 is 12.2 Å². The van der Waals surface area contributed by atoms with E-state index in [1.807, 2.05) is 6.92 Å². The number of ether oxygens (including phenoxy) is 1. The van der Waals surface area contributed by atoms with E-state index >= 15 is 0 Å². The molecule has 28 heavy (non-hydrogen) atoms. The van der Waals surface area contributed by atoms with Gasteiger partial charge in [-0.3, -0.25) is 29.9 Å². The van der Waals surface area contributed by atoms with Gasteiger partial charge in [-0.15, -0.1) is 0 Å². The van der Waals surface area contributed by atoms with Crippen molar-refractivity contribution in [2.75, 3.05) is 11.5 Å². The van der Waals surface area contributed by atoms with Crippen molar-refractivity contribution in [1.29, 1.82) is 0 Å². The van der Waals surface area contributed by atoms with Gasteiger partial charge in [-0.2, -0.15) is 0 Å². The number of amides is 2. The minimum absolute atomic E-state index is 0.0557. The van der Waals surface area contributed by atoms with Crippen molar-refractivity contribution in [1.82, 2.24) is 5.32 Å². The van der Waals surface area contributed by atoms with Crippen molar-refractivity contribution < 1.29 is 19.2 Å². The number of nitrogens with zero attached hydrogens (tertiary/aromatic N) is 2. The molecule has 2 amide bonds. The molecule has 0 aromatic heterocycles. The number of anilines is 1. The van der Waals surface area contributed by atoms with Crippen molar-refractivity contribution in [2.45, 2.75) is 6.92 Å². The Morgan fingerprint density at radius 3 is 2.68 bits per heavy atom. The standard InChI is InChI=1S/C19H15N3O5S/c1-2-27-15-8-4-6-13(11-15)21-18(24)16(17(23)20-19(21)28)10-12-5-3-7-14(9-12)22(25)26/h3-11H,2H2,1H3,(H,20,23,28)/b16-10+. The molecule has 0 aliphatic carbocycles. The van der Waals surface area contributed by atoms with Gasteiger partial charge in [-0.25, -0.2) is 0 Å². The van der Waals surface area contributed by atoms with E-state index in [-0.39, 0.29) is 16.4 Å². The molecule has 0 radical (unpaired) electrons. The van der Waals surface area contributed by atoms with Gasteiger partial charge in [0.25, 0.3) is 17.5 Å². The summed E-state index contributed by atoms with van der Waals surface area (Å²) < 4.78 is 5.44. The number of hydrogen-bond donors (Lipinski definition) is 1. The van der Waals surface area contributed by atoms with Gasteiger partial charge in [-0.1, -0.05) is 18.2 Å². The van der Waals surface area contributed by atoms with Gasteiger partial charge in [0.15, 0.2) is 5.11 Å². The lowest BCUT2D eigenvalue weighted by Gasteiger charge is -2.29. The van der Waals surface area contributed by atoms with Crippen molar-refractivity contribution >= 4 is 46.6 Å². The molecule has 1 fully saturated rings. The number of benzene rings is 2. The molecule has 9 heteroatoms. The Kier molecular flexibility index (Phi) is 5.46. The molecule has 0 bridgehead atoms. The number of thiocarbonyl (C=S) groups is 1. The van der Waals surface area contributed by atoms with E-state index in [0.717, 1.165) is 0 Å². The molecule has 142 valence electrons. The molecule has 1 aliphatic rings. The molecular formula is C19H15N3O5S. The molecule has 1 heterocycles. The van der Waals surface area contributed by atoms with Crippen LogP contribution in [0.3, 0.4) is 0 Å². The summed E-state index contributed by atoms with van der Waals surface area (Å²) in [5, 5.41) is 13.4. The summed E-state index contributed by atoms with van der Waals surface area (Å²) in [6.07, 6.45) is 1.30. The first-order chi connectivity index (χ1) is 13.4. The van der Waals surface area contributed by atoms with Crippen LogP contribution in [0.25, 0.3) is 6.08 Å². The smallest absolute Gasteiger partial charge is 0.270 e. The highest BCUT2D eigenvalue weighted by atomic mass is 32.1. The van der Waals surface area contributed by atoms with Gasteiger partial charge in [0, 0.05) is 18.2 Å². The molecular weight excluding hydrogens is 382 g/mol. The second-order valence-corrected chi connectivity index (χ2v) is 6.13. The Bertz CT molecular complexity index is 1020. The number of carbonyl (C=O) groups is 2. The predicted molar refractivity (Wildman–Crippen MR) is 107 cm³/mol. The number of nitro benzene ring substituents is 1. The molecule has 2 aromatic rings. The Hall–Kier alpha value is -3.59. The first-order valence-electron chi connectivity index (χ1n) is 8.29. The monoisotopic (exact) mass is 397 g/mol. The Balaban J connectivity index is 2.00. The number of nitro groups is 1. The van der Waals surface area contributed by atoms with E-state index in [1.165, 1.54) is 29.2 Å². The summed E-state index contributed by atoms with van der Waals surface area (Å²) in [7, 11) is 0. The maximum absolute atomic E-state index is 13.0. The maximum atomic E-state index is 13.0. The molecule has 0 spiro atoms. The molecule has 0 saturated carbocycles. The van der Waals surface area contributed by atoms with Crippen molar-refractivity contribution in [3.8, 4) is 5.75 Å². The number of hydrogen-bond acceptors (Lipinski definition) is 6. The number of non-ortho nitro benzene ring substituents is 1. The lowest BCUT2D eigenvalue weighted by Crippen LogP contribution is -2.54. The zero-order valence-electron chi connectivity index (χ0n) is 14.7. The van der Waals surface area contributed by atoms with E-state index in [4.69, 9.17) is 17.0 Å². The fourth-order valence-corrected chi connectivity index (χ4v) is 2.95. The van der Waals surface area contributed by atoms with Crippen molar-refractivity contribution in [3.63, 3.8) is 0 Å². The van der Waals surface area contributed by atoms with Crippen LogP contribution in [0.5, 0.6) is 5.75 Å². The third-order valence-corrected chi connectivity index (χ3v) is 4.17. The van der Waals surface area contributed by atoms with Gasteiger partial charge in [-0.05, 0) is 42.9 Å².